The first-order valence-electron chi connectivity index (χ1n) is 7.40. The highest BCUT2D eigenvalue weighted by molar-refractivity contribution is 7.10. The summed E-state index contributed by atoms with van der Waals surface area (Å²) >= 11 is 1.76. The number of benzene rings is 1. The normalized spacial score (nSPS) is 12.1. The maximum atomic E-state index is 5.95. The summed E-state index contributed by atoms with van der Waals surface area (Å²) in [6, 6.07) is 10.3. The Morgan fingerprint density at radius 3 is 2.57 bits per heavy atom. The van der Waals surface area contributed by atoms with Crippen molar-refractivity contribution in [3.8, 4) is 11.5 Å². The van der Waals surface area contributed by atoms with Crippen LogP contribution in [0.25, 0.3) is 0 Å². The molecule has 0 spiro atoms. The predicted octanol–water partition coefficient (Wildman–Crippen LogP) is 3.83. The largest absolute Gasteiger partial charge is 0.494 e. The Labute approximate surface area is 130 Å². The zero-order chi connectivity index (χ0) is 15.1. The first-order valence-corrected chi connectivity index (χ1v) is 8.28. The third-order valence-electron chi connectivity index (χ3n) is 3.35. The van der Waals surface area contributed by atoms with Crippen molar-refractivity contribution in [2.45, 2.75) is 26.2 Å². The highest BCUT2D eigenvalue weighted by Gasteiger charge is 2.15. The van der Waals surface area contributed by atoms with Crippen LogP contribution >= 0.6 is 11.3 Å². The van der Waals surface area contributed by atoms with Crippen molar-refractivity contribution in [3.63, 3.8) is 0 Å². The molecule has 0 aliphatic carbocycles. The van der Waals surface area contributed by atoms with Gasteiger partial charge in [0.05, 0.1) is 13.2 Å². The van der Waals surface area contributed by atoms with Crippen LogP contribution in [0.3, 0.4) is 0 Å². The zero-order valence-electron chi connectivity index (χ0n) is 12.7. The predicted molar refractivity (Wildman–Crippen MR) is 88.6 cm³/mol. The van der Waals surface area contributed by atoms with Gasteiger partial charge in [-0.15, -0.1) is 11.3 Å². The minimum Gasteiger partial charge on any atom is -0.494 e. The van der Waals surface area contributed by atoms with Gasteiger partial charge in [-0.25, -0.2) is 0 Å². The van der Waals surface area contributed by atoms with Crippen LogP contribution in [0, 0.1) is 0 Å². The average Bonchev–Trinajstić information content (AvgIpc) is 3.01. The summed E-state index contributed by atoms with van der Waals surface area (Å²) in [5.41, 5.74) is 7.14. The number of hydrogen-bond acceptors (Lipinski definition) is 4. The monoisotopic (exact) mass is 305 g/mol. The summed E-state index contributed by atoms with van der Waals surface area (Å²) in [6.45, 7) is 5.92. The van der Waals surface area contributed by atoms with Crippen LogP contribution in [0.5, 0.6) is 11.5 Å². The molecule has 0 radical (unpaired) electrons. The molecule has 21 heavy (non-hydrogen) atoms. The number of ether oxygens (including phenoxy) is 2. The molecule has 0 aliphatic rings. The van der Waals surface area contributed by atoms with Gasteiger partial charge in [0.15, 0.2) is 0 Å². The molecule has 2 N–H and O–H groups in total. The second kappa shape index (κ2) is 8.05. The van der Waals surface area contributed by atoms with E-state index in [4.69, 9.17) is 15.2 Å². The average molecular weight is 305 g/mol. The van der Waals surface area contributed by atoms with Crippen molar-refractivity contribution in [1.29, 1.82) is 0 Å². The Bertz CT molecular complexity index is 540. The van der Waals surface area contributed by atoms with E-state index in [9.17, 15) is 0 Å². The third kappa shape index (κ3) is 4.22. The first-order chi connectivity index (χ1) is 10.3. The van der Waals surface area contributed by atoms with Crippen LogP contribution in [0.4, 0.5) is 0 Å². The van der Waals surface area contributed by atoms with E-state index in [-0.39, 0.29) is 0 Å². The summed E-state index contributed by atoms with van der Waals surface area (Å²) in [4.78, 5) is 1.33. The van der Waals surface area contributed by atoms with Crippen LogP contribution in [0.1, 0.15) is 30.2 Å². The summed E-state index contributed by atoms with van der Waals surface area (Å²) < 4.78 is 11.3. The minimum atomic E-state index is 0.335. The molecular formula is C17H23NO2S. The zero-order valence-corrected chi connectivity index (χ0v) is 13.5. The molecule has 1 aromatic carbocycles. The maximum absolute atomic E-state index is 5.95. The fourth-order valence-corrected chi connectivity index (χ4v) is 3.18. The van der Waals surface area contributed by atoms with E-state index in [1.165, 1.54) is 10.4 Å². The van der Waals surface area contributed by atoms with Gasteiger partial charge in [-0.1, -0.05) is 12.1 Å². The standard InChI is InChI=1S/C17H23NO2S/c1-3-19-15-8-7-13(16(11-15)20-4-2)10-14(12-18)17-6-5-9-21-17/h5-9,11,14H,3-4,10,12,18H2,1-2H3. The van der Waals surface area contributed by atoms with Crippen molar-refractivity contribution in [3.05, 3.63) is 46.2 Å². The van der Waals surface area contributed by atoms with Crippen molar-refractivity contribution in [1.82, 2.24) is 0 Å². The molecule has 0 fully saturated rings. The number of thiophene rings is 1. The van der Waals surface area contributed by atoms with E-state index in [1.54, 1.807) is 11.3 Å². The number of hydrogen-bond donors (Lipinski definition) is 1. The van der Waals surface area contributed by atoms with E-state index in [1.807, 2.05) is 26.0 Å². The van der Waals surface area contributed by atoms with E-state index < -0.39 is 0 Å². The molecule has 114 valence electrons. The highest BCUT2D eigenvalue weighted by atomic mass is 32.1. The molecule has 1 heterocycles. The van der Waals surface area contributed by atoms with E-state index in [0.717, 1.165) is 17.9 Å². The number of nitrogens with two attached hydrogens (primary N) is 1. The van der Waals surface area contributed by atoms with Gasteiger partial charge in [0.2, 0.25) is 0 Å². The Balaban J connectivity index is 2.21. The smallest absolute Gasteiger partial charge is 0.126 e. The molecule has 0 aliphatic heterocycles. The molecule has 0 saturated carbocycles. The molecule has 0 amide bonds. The van der Waals surface area contributed by atoms with E-state index in [0.29, 0.717) is 25.7 Å². The molecule has 1 unspecified atom stereocenters. The number of rotatable bonds is 8. The van der Waals surface area contributed by atoms with Gasteiger partial charge < -0.3 is 15.2 Å². The molecular weight excluding hydrogens is 282 g/mol. The lowest BCUT2D eigenvalue weighted by Gasteiger charge is -2.17. The second-order valence-corrected chi connectivity index (χ2v) is 5.77. The van der Waals surface area contributed by atoms with Gasteiger partial charge in [0, 0.05) is 23.4 Å². The summed E-state index contributed by atoms with van der Waals surface area (Å²) in [5, 5.41) is 2.10. The van der Waals surface area contributed by atoms with Gasteiger partial charge in [-0.2, -0.15) is 0 Å². The quantitative estimate of drug-likeness (QED) is 0.806. The summed E-state index contributed by atoms with van der Waals surface area (Å²) in [5.74, 6) is 2.09. The fourth-order valence-electron chi connectivity index (χ4n) is 2.34. The summed E-state index contributed by atoms with van der Waals surface area (Å²) in [6.07, 6.45) is 0.888. The topological polar surface area (TPSA) is 44.5 Å². The summed E-state index contributed by atoms with van der Waals surface area (Å²) in [7, 11) is 0. The first kappa shape index (κ1) is 15.9. The fraction of sp³-hybridized carbons (Fsp3) is 0.412. The third-order valence-corrected chi connectivity index (χ3v) is 4.38. The van der Waals surface area contributed by atoms with E-state index in [2.05, 4.69) is 23.6 Å². The van der Waals surface area contributed by atoms with Crippen molar-refractivity contribution >= 4 is 11.3 Å². The van der Waals surface area contributed by atoms with Crippen molar-refractivity contribution < 1.29 is 9.47 Å². The molecule has 1 aromatic heterocycles. The molecule has 2 aromatic rings. The Hall–Kier alpha value is -1.52. The molecule has 3 nitrogen and oxygen atoms in total. The second-order valence-electron chi connectivity index (χ2n) is 4.79. The lowest BCUT2D eigenvalue weighted by molar-refractivity contribution is 0.320. The lowest BCUT2D eigenvalue weighted by atomic mass is 9.97. The van der Waals surface area contributed by atoms with Crippen LogP contribution in [0.2, 0.25) is 0 Å². The van der Waals surface area contributed by atoms with Crippen LogP contribution < -0.4 is 15.2 Å². The molecule has 0 bridgehead atoms. The van der Waals surface area contributed by atoms with Crippen LogP contribution in [-0.4, -0.2) is 19.8 Å². The van der Waals surface area contributed by atoms with Crippen molar-refractivity contribution in [2.24, 2.45) is 5.73 Å². The SMILES string of the molecule is CCOc1ccc(CC(CN)c2cccs2)c(OCC)c1. The Kier molecular flexibility index (Phi) is 6.08. The Morgan fingerprint density at radius 2 is 1.95 bits per heavy atom. The Morgan fingerprint density at radius 1 is 1.14 bits per heavy atom. The van der Waals surface area contributed by atoms with Crippen LogP contribution in [-0.2, 0) is 6.42 Å². The minimum absolute atomic E-state index is 0.335. The molecule has 0 saturated heterocycles. The van der Waals surface area contributed by atoms with Gasteiger partial charge >= 0.3 is 0 Å². The lowest BCUT2D eigenvalue weighted by Crippen LogP contribution is -2.14. The van der Waals surface area contributed by atoms with Gasteiger partial charge in [0.1, 0.15) is 11.5 Å². The van der Waals surface area contributed by atoms with Crippen molar-refractivity contribution in [2.75, 3.05) is 19.8 Å². The van der Waals surface area contributed by atoms with Gasteiger partial charge in [0.25, 0.3) is 0 Å². The van der Waals surface area contributed by atoms with Crippen LogP contribution in [0.15, 0.2) is 35.7 Å². The molecule has 1 atom stereocenters. The molecule has 4 heteroatoms. The van der Waals surface area contributed by atoms with Gasteiger partial charge in [-0.3, -0.25) is 0 Å². The van der Waals surface area contributed by atoms with Gasteiger partial charge in [-0.05, 0) is 43.3 Å². The van der Waals surface area contributed by atoms with E-state index >= 15 is 0 Å². The maximum Gasteiger partial charge on any atom is 0.126 e. The highest BCUT2D eigenvalue weighted by Crippen LogP contribution is 2.31. The molecule has 2 rings (SSSR count).